The molecule has 2 aromatic rings. The van der Waals surface area contributed by atoms with E-state index in [4.69, 9.17) is 5.73 Å². The maximum Gasteiger partial charge on any atom is 0.254 e. The molecular formula is C14H14N4O3. The minimum atomic E-state index is -0.686. The Morgan fingerprint density at radius 3 is 2.90 bits per heavy atom. The van der Waals surface area contributed by atoms with Crippen molar-refractivity contribution >= 4 is 34.3 Å². The van der Waals surface area contributed by atoms with E-state index >= 15 is 0 Å². The number of benzene rings is 1. The fraction of sp³-hybridized carbons (Fsp3) is 0.214. The average molecular weight is 286 g/mol. The second-order valence-electron chi connectivity index (χ2n) is 4.98. The number of rotatable bonds is 2. The number of carbonyl (C=O) groups excluding carboxylic acids is 3. The zero-order chi connectivity index (χ0) is 15.0. The molecule has 1 aromatic carbocycles. The average Bonchev–Trinajstić information content (AvgIpc) is 2.84. The first-order valence-electron chi connectivity index (χ1n) is 6.56. The zero-order valence-electron chi connectivity index (χ0n) is 11.1. The summed E-state index contributed by atoms with van der Waals surface area (Å²) in [7, 11) is 0. The SMILES string of the molecule is Nc1ccc2c(C(=O)NC3CCC(=O)NC3=O)c[nH]c2c1. The largest absolute Gasteiger partial charge is 0.399 e. The molecule has 2 heterocycles. The van der Waals surface area contributed by atoms with Gasteiger partial charge < -0.3 is 16.0 Å². The molecule has 1 atom stereocenters. The molecule has 21 heavy (non-hydrogen) atoms. The van der Waals surface area contributed by atoms with Gasteiger partial charge in [0.05, 0.1) is 5.56 Å². The number of nitrogens with two attached hydrogens (primary N) is 1. The zero-order valence-corrected chi connectivity index (χ0v) is 11.1. The first-order chi connectivity index (χ1) is 10.0. The number of nitrogen functional groups attached to an aromatic ring is 1. The number of nitrogens with one attached hydrogen (secondary N) is 3. The molecule has 0 radical (unpaired) electrons. The van der Waals surface area contributed by atoms with Crippen molar-refractivity contribution in [1.29, 1.82) is 0 Å². The Hall–Kier alpha value is -2.83. The molecular weight excluding hydrogens is 272 g/mol. The van der Waals surface area contributed by atoms with Gasteiger partial charge in [0.25, 0.3) is 5.91 Å². The van der Waals surface area contributed by atoms with Crippen LogP contribution in [0.3, 0.4) is 0 Å². The summed E-state index contributed by atoms with van der Waals surface area (Å²) in [5.74, 6) is -1.14. The Balaban J connectivity index is 1.81. The van der Waals surface area contributed by atoms with E-state index in [9.17, 15) is 14.4 Å². The lowest BCUT2D eigenvalue weighted by Gasteiger charge is -2.21. The molecule has 1 saturated heterocycles. The molecule has 7 heteroatoms. The first kappa shape index (κ1) is 13.2. The normalized spacial score (nSPS) is 18.6. The van der Waals surface area contributed by atoms with Crippen molar-refractivity contribution in [3.05, 3.63) is 30.0 Å². The van der Waals surface area contributed by atoms with Crippen LogP contribution in [0, 0.1) is 0 Å². The van der Waals surface area contributed by atoms with E-state index in [-0.39, 0.29) is 18.2 Å². The van der Waals surface area contributed by atoms with Crippen molar-refractivity contribution in [3.8, 4) is 0 Å². The first-order valence-corrected chi connectivity index (χ1v) is 6.56. The highest BCUT2D eigenvalue weighted by Crippen LogP contribution is 2.21. The molecule has 1 unspecified atom stereocenters. The van der Waals surface area contributed by atoms with Crippen LogP contribution in [0.4, 0.5) is 5.69 Å². The predicted octanol–water partition coefficient (Wildman–Crippen LogP) is 0.285. The van der Waals surface area contributed by atoms with Crippen LogP contribution in [0.25, 0.3) is 10.9 Å². The van der Waals surface area contributed by atoms with E-state index in [1.54, 1.807) is 24.4 Å². The number of fused-ring (bicyclic) bond motifs is 1. The van der Waals surface area contributed by atoms with Crippen LogP contribution in [0.5, 0.6) is 0 Å². The van der Waals surface area contributed by atoms with Crippen molar-refractivity contribution in [2.45, 2.75) is 18.9 Å². The molecule has 7 nitrogen and oxygen atoms in total. The Bertz CT molecular complexity index is 750. The van der Waals surface area contributed by atoms with Crippen LogP contribution in [0.1, 0.15) is 23.2 Å². The number of piperidine rings is 1. The standard InChI is InChI=1S/C14H14N4O3/c15-7-1-2-8-9(6-16-11(8)5-7)13(20)17-10-3-4-12(19)18-14(10)21/h1-2,5-6,10,16H,3-4,15H2,(H,17,20)(H,18,19,21). The number of aromatic nitrogens is 1. The van der Waals surface area contributed by atoms with Crippen LogP contribution in [-0.4, -0.2) is 28.7 Å². The molecule has 1 aromatic heterocycles. The maximum absolute atomic E-state index is 12.3. The smallest absolute Gasteiger partial charge is 0.254 e. The second kappa shape index (κ2) is 4.93. The van der Waals surface area contributed by atoms with Crippen LogP contribution in [0.15, 0.2) is 24.4 Å². The summed E-state index contributed by atoms with van der Waals surface area (Å²) < 4.78 is 0. The van der Waals surface area contributed by atoms with Gasteiger partial charge in [-0.1, -0.05) is 0 Å². The molecule has 108 valence electrons. The number of anilines is 1. The van der Waals surface area contributed by atoms with E-state index in [0.29, 0.717) is 17.7 Å². The number of hydrogen-bond acceptors (Lipinski definition) is 4. The number of H-pyrrole nitrogens is 1. The Morgan fingerprint density at radius 2 is 2.14 bits per heavy atom. The van der Waals surface area contributed by atoms with Gasteiger partial charge in [0, 0.05) is 29.2 Å². The number of hydrogen-bond donors (Lipinski definition) is 4. The number of carbonyl (C=O) groups is 3. The molecule has 1 aliphatic rings. The lowest BCUT2D eigenvalue weighted by molar-refractivity contribution is -0.134. The highest BCUT2D eigenvalue weighted by atomic mass is 16.2. The van der Waals surface area contributed by atoms with Crippen molar-refractivity contribution < 1.29 is 14.4 Å². The van der Waals surface area contributed by atoms with E-state index in [1.807, 2.05) is 0 Å². The van der Waals surface area contributed by atoms with E-state index < -0.39 is 11.9 Å². The summed E-state index contributed by atoms with van der Waals surface area (Å²) in [6.07, 6.45) is 2.11. The van der Waals surface area contributed by atoms with Crippen LogP contribution < -0.4 is 16.4 Å². The van der Waals surface area contributed by atoms with Gasteiger partial charge in [-0.2, -0.15) is 0 Å². The van der Waals surface area contributed by atoms with Gasteiger partial charge in [-0.3, -0.25) is 19.7 Å². The van der Waals surface area contributed by atoms with Crippen molar-refractivity contribution in [3.63, 3.8) is 0 Å². The van der Waals surface area contributed by atoms with Gasteiger partial charge in [0.1, 0.15) is 6.04 Å². The minimum Gasteiger partial charge on any atom is -0.399 e. The van der Waals surface area contributed by atoms with Gasteiger partial charge in [-0.15, -0.1) is 0 Å². The van der Waals surface area contributed by atoms with E-state index in [1.165, 1.54) is 0 Å². The lowest BCUT2D eigenvalue weighted by Crippen LogP contribution is -2.52. The highest BCUT2D eigenvalue weighted by Gasteiger charge is 2.28. The summed E-state index contributed by atoms with van der Waals surface area (Å²) in [6, 6.07) is 4.51. The summed E-state index contributed by atoms with van der Waals surface area (Å²) in [6.45, 7) is 0. The molecule has 0 spiro atoms. The predicted molar refractivity (Wildman–Crippen MR) is 76.3 cm³/mol. The quantitative estimate of drug-likeness (QED) is 0.468. The summed E-state index contributed by atoms with van der Waals surface area (Å²) in [5.41, 5.74) is 7.48. The lowest BCUT2D eigenvalue weighted by atomic mass is 10.1. The third-order valence-corrected chi connectivity index (χ3v) is 3.49. The summed E-state index contributed by atoms with van der Waals surface area (Å²) in [5, 5.41) is 5.58. The Labute approximate surface area is 119 Å². The molecule has 1 fully saturated rings. The van der Waals surface area contributed by atoms with Crippen LogP contribution >= 0.6 is 0 Å². The fourth-order valence-corrected chi connectivity index (χ4v) is 2.40. The third kappa shape index (κ3) is 2.45. The summed E-state index contributed by atoms with van der Waals surface area (Å²) in [4.78, 5) is 38.0. The monoisotopic (exact) mass is 286 g/mol. The van der Waals surface area contributed by atoms with Crippen LogP contribution in [-0.2, 0) is 9.59 Å². The van der Waals surface area contributed by atoms with Crippen molar-refractivity contribution in [1.82, 2.24) is 15.6 Å². The molecule has 0 bridgehead atoms. The molecule has 0 saturated carbocycles. The van der Waals surface area contributed by atoms with Gasteiger partial charge in [0.2, 0.25) is 11.8 Å². The van der Waals surface area contributed by atoms with Gasteiger partial charge >= 0.3 is 0 Å². The topological polar surface area (TPSA) is 117 Å². The number of imide groups is 1. The molecule has 1 aliphatic heterocycles. The minimum absolute atomic E-state index is 0.223. The fourth-order valence-electron chi connectivity index (χ4n) is 2.40. The van der Waals surface area contributed by atoms with Gasteiger partial charge in [-0.05, 0) is 24.6 Å². The maximum atomic E-state index is 12.3. The molecule has 0 aliphatic carbocycles. The third-order valence-electron chi connectivity index (χ3n) is 3.49. The molecule has 3 amide bonds. The molecule has 5 N–H and O–H groups in total. The number of amides is 3. The van der Waals surface area contributed by atoms with Crippen molar-refractivity contribution in [2.24, 2.45) is 0 Å². The van der Waals surface area contributed by atoms with Gasteiger partial charge in [-0.25, -0.2) is 0 Å². The van der Waals surface area contributed by atoms with Gasteiger partial charge in [0.15, 0.2) is 0 Å². The van der Waals surface area contributed by atoms with E-state index in [2.05, 4.69) is 15.6 Å². The number of aromatic amines is 1. The van der Waals surface area contributed by atoms with E-state index in [0.717, 1.165) is 10.9 Å². The van der Waals surface area contributed by atoms with Crippen molar-refractivity contribution in [2.75, 3.05) is 5.73 Å². The Morgan fingerprint density at radius 1 is 1.33 bits per heavy atom. The second-order valence-corrected chi connectivity index (χ2v) is 4.98. The highest BCUT2D eigenvalue weighted by molar-refractivity contribution is 6.09. The molecule has 3 rings (SSSR count). The Kier molecular flexibility index (Phi) is 3.09. The summed E-state index contributed by atoms with van der Waals surface area (Å²) >= 11 is 0. The van der Waals surface area contributed by atoms with Crippen LogP contribution in [0.2, 0.25) is 0 Å².